The number of methoxy groups -OCH3 is 1. The molecular weight excluding hydrogens is 328 g/mol. The summed E-state index contributed by atoms with van der Waals surface area (Å²) in [4.78, 5) is 16.9. The zero-order valence-electron chi connectivity index (χ0n) is 15.8. The van der Waals surface area contributed by atoms with Crippen LogP contribution >= 0.6 is 0 Å². The fraction of sp³-hybridized carbons (Fsp3) is 0.667. The zero-order valence-corrected chi connectivity index (χ0v) is 15.8. The first kappa shape index (κ1) is 17.7. The van der Waals surface area contributed by atoms with Crippen molar-refractivity contribution in [3.63, 3.8) is 0 Å². The summed E-state index contributed by atoms with van der Waals surface area (Å²) in [6.07, 6.45) is 6.69. The summed E-state index contributed by atoms with van der Waals surface area (Å²) in [5.41, 5.74) is 0.372. The average molecular weight is 358 g/mol. The Morgan fingerprint density at radius 3 is 2.54 bits per heavy atom. The van der Waals surface area contributed by atoms with E-state index in [-0.39, 0.29) is 0 Å². The molecule has 2 aliphatic heterocycles. The van der Waals surface area contributed by atoms with E-state index in [0.29, 0.717) is 24.0 Å². The lowest BCUT2D eigenvalue weighted by Gasteiger charge is -2.47. The Labute approximate surface area is 156 Å². The fourth-order valence-electron chi connectivity index (χ4n) is 4.45. The highest BCUT2D eigenvalue weighted by molar-refractivity contribution is 5.77. The van der Waals surface area contributed by atoms with Crippen molar-refractivity contribution in [3.8, 4) is 11.5 Å². The second kappa shape index (κ2) is 7.47. The van der Waals surface area contributed by atoms with E-state index >= 15 is 0 Å². The molecule has 0 unspecified atom stereocenters. The highest BCUT2D eigenvalue weighted by Crippen LogP contribution is 2.43. The number of rotatable bonds is 6. The SMILES string of the molecule is COc1ccccc1OCCN1CCC2(CCC(=O)N(C3CC3)C2)CC1. The van der Waals surface area contributed by atoms with Crippen LogP contribution in [0.1, 0.15) is 38.5 Å². The number of likely N-dealkylation sites (tertiary alicyclic amines) is 2. The minimum absolute atomic E-state index is 0.372. The van der Waals surface area contributed by atoms with E-state index in [1.165, 1.54) is 25.7 Å². The van der Waals surface area contributed by atoms with Gasteiger partial charge in [-0.25, -0.2) is 0 Å². The first-order valence-corrected chi connectivity index (χ1v) is 9.97. The van der Waals surface area contributed by atoms with Gasteiger partial charge in [0.05, 0.1) is 7.11 Å². The first-order chi connectivity index (χ1) is 12.7. The van der Waals surface area contributed by atoms with E-state index in [9.17, 15) is 4.79 Å². The van der Waals surface area contributed by atoms with E-state index in [0.717, 1.165) is 50.5 Å². The third-order valence-electron chi connectivity index (χ3n) is 6.33. The van der Waals surface area contributed by atoms with Crippen molar-refractivity contribution in [1.29, 1.82) is 0 Å². The van der Waals surface area contributed by atoms with E-state index in [2.05, 4.69) is 9.80 Å². The maximum atomic E-state index is 12.2. The zero-order chi connectivity index (χ0) is 18.0. The molecule has 0 N–H and O–H groups in total. The predicted octanol–water partition coefficient (Wildman–Crippen LogP) is 2.94. The molecule has 1 amide bonds. The largest absolute Gasteiger partial charge is 0.493 e. The van der Waals surface area contributed by atoms with Gasteiger partial charge in [0, 0.05) is 25.6 Å². The Bertz CT molecular complexity index is 636. The van der Waals surface area contributed by atoms with Crippen molar-refractivity contribution in [2.24, 2.45) is 5.41 Å². The van der Waals surface area contributed by atoms with E-state index in [1.54, 1.807) is 7.11 Å². The molecule has 5 heteroatoms. The lowest BCUT2D eigenvalue weighted by Crippen LogP contribution is -2.52. The molecule has 3 aliphatic rings. The summed E-state index contributed by atoms with van der Waals surface area (Å²) < 4.78 is 11.3. The molecule has 5 nitrogen and oxygen atoms in total. The number of nitrogens with zero attached hydrogens (tertiary/aromatic N) is 2. The van der Waals surface area contributed by atoms with E-state index < -0.39 is 0 Å². The van der Waals surface area contributed by atoms with Crippen LogP contribution in [-0.2, 0) is 4.79 Å². The van der Waals surface area contributed by atoms with Crippen LogP contribution < -0.4 is 9.47 Å². The topological polar surface area (TPSA) is 42.0 Å². The van der Waals surface area contributed by atoms with Crippen molar-refractivity contribution in [3.05, 3.63) is 24.3 Å². The highest BCUT2D eigenvalue weighted by Gasteiger charge is 2.44. The van der Waals surface area contributed by atoms with Crippen molar-refractivity contribution in [2.45, 2.75) is 44.6 Å². The van der Waals surface area contributed by atoms with Crippen LogP contribution in [0, 0.1) is 5.41 Å². The van der Waals surface area contributed by atoms with Crippen molar-refractivity contribution < 1.29 is 14.3 Å². The molecule has 0 bridgehead atoms. The molecule has 4 rings (SSSR count). The van der Waals surface area contributed by atoms with Gasteiger partial charge in [0.25, 0.3) is 0 Å². The average Bonchev–Trinajstić information content (AvgIpc) is 3.51. The number of benzene rings is 1. The number of carbonyl (C=O) groups excluding carboxylic acids is 1. The molecule has 1 aromatic carbocycles. The second-order valence-corrected chi connectivity index (χ2v) is 8.09. The Morgan fingerprint density at radius 2 is 1.85 bits per heavy atom. The normalized spacial score (nSPS) is 23.3. The highest BCUT2D eigenvalue weighted by atomic mass is 16.5. The van der Waals surface area contributed by atoms with Crippen molar-refractivity contribution in [2.75, 3.05) is 39.9 Å². The maximum absolute atomic E-state index is 12.2. The second-order valence-electron chi connectivity index (χ2n) is 8.09. The molecule has 2 heterocycles. The van der Waals surface area contributed by atoms with Gasteiger partial charge in [-0.05, 0) is 62.7 Å². The van der Waals surface area contributed by atoms with Gasteiger partial charge < -0.3 is 14.4 Å². The molecule has 1 aromatic rings. The summed E-state index contributed by atoms with van der Waals surface area (Å²) >= 11 is 0. The lowest BCUT2D eigenvalue weighted by atomic mass is 9.72. The minimum atomic E-state index is 0.372. The molecule has 0 radical (unpaired) electrons. The standard InChI is InChI=1S/C21H30N2O3/c1-25-18-4-2-3-5-19(18)26-15-14-22-12-10-21(11-13-22)9-8-20(24)23(16-21)17-6-7-17/h2-5,17H,6-16H2,1H3. The predicted molar refractivity (Wildman–Crippen MR) is 101 cm³/mol. The van der Waals surface area contributed by atoms with Gasteiger partial charge in [-0.3, -0.25) is 9.69 Å². The number of para-hydroxylation sites is 2. The summed E-state index contributed by atoms with van der Waals surface area (Å²) in [5.74, 6) is 2.00. The van der Waals surface area contributed by atoms with Crippen LogP contribution in [-0.4, -0.2) is 61.6 Å². The molecule has 0 aromatic heterocycles. The number of ether oxygens (including phenoxy) is 2. The summed E-state index contributed by atoms with van der Waals surface area (Å²) in [7, 11) is 1.67. The Morgan fingerprint density at radius 1 is 1.12 bits per heavy atom. The Balaban J connectivity index is 1.24. The van der Waals surface area contributed by atoms with Gasteiger partial charge in [0.15, 0.2) is 11.5 Å². The Hall–Kier alpha value is -1.75. The molecule has 1 aliphatic carbocycles. The van der Waals surface area contributed by atoms with Gasteiger partial charge in [0.1, 0.15) is 6.61 Å². The number of hydrogen-bond acceptors (Lipinski definition) is 4. The molecule has 142 valence electrons. The first-order valence-electron chi connectivity index (χ1n) is 9.97. The van der Waals surface area contributed by atoms with Crippen LogP contribution in [0.3, 0.4) is 0 Å². The molecular formula is C21H30N2O3. The Kier molecular flexibility index (Phi) is 5.07. The fourth-order valence-corrected chi connectivity index (χ4v) is 4.45. The smallest absolute Gasteiger partial charge is 0.222 e. The lowest BCUT2D eigenvalue weighted by molar-refractivity contribution is -0.139. The summed E-state index contributed by atoms with van der Waals surface area (Å²) in [6.45, 7) is 4.85. The molecule has 26 heavy (non-hydrogen) atoms. The van der Waals surface area contributed by atoms with Crippen LogP contribution in [0.25, 0.3) is 0 Å². The van der Waals surface area contributed by atoms with Crippen LogP contribution in [0.4, 0.5) is 0 Å². The van der Waals surface area contributed by atoms with Gasteiger partial charge in [-0.1, -0.05) is 12.1 Å². The van der Waals surface area contributed by atoms with Crippen LogP contribution in [0.15, 0.2) is 24.3 Å². The van der Waals surface area contributed by atoms with Crippen molar-refractivity contribution in [1.82, 2.24) is 9.80 Å². The minimum Gasteiger partial charge on any atom is -0.493 e. The third-order valence-corrected chi connectivity index (χ3v) is 6.33. The summed E-state index contributed by atoms with van der Waals surface area (Å²) in [5, 5.41) is 0. The molecule has 1 saturated carbocycles. The monoisotopic (exact) mass is 358 g/mol. The number of carbonyl (C=O) groups is 1. The van der Waals surface area contributed by atoms with E-state index in [1.807, 2.05) is 24.3 Å². The van der Waals surface area contributed by atoms with Crippen LogP contribution in [0.2, 0.25) is 0 Å². The molecule has 1 spiro atoms. The number of piperidine rings is 2. The molecule has 3 fully saturated rings. The molecule has 0 atom stereocenters. The van der Waals surface area contributed by atoms with E-state index in [4.69, 9.17) is 9.47 Å². The van der Waals surface area contributed by atoms with Gasteiger partial charge in [0.2, 0.25) is 5.91 Å². The maximum Gasteiger partial charge on any atom is 0.222 e. The van der Waals surface area contributed by atoms with Gasteiger partial charge in [-0.2, -0.15) is 0 Å². The third kappa shape index (κ3) is 3.83. The van der Waals surface area contributed by atoms with Crippen LogP contribution in [0.5, 0.6) is 11.5 Å². The van der Waals surface area contributed by atoms with Gasteiger partial charge in [-0.15, -0.1) is 0 Å². The van der Waals surface area contributed by atoms with Crippen molar-refractivity contribution >= 4 is 5.91 Å². The number of amides is 1. The summed E-state index contributed by atoms with van der Waals surface area (Å²) in [6, 6.07) is 8.37. The number of hydrogen-bond donors (Lipinski definition) is 0. The molecule has 2 saturated heterocycles. The van der Waals surface area contributed by atoms with Gasteiger partial charge >= 0.3 is 0 Å². The quantitative estimate of drug-likeness (QED) is 0.784.